The van der Waals surface area contributed by atoms with E-state index in [4.69, 9.17) is 5.73 Å². The molecule has 0 saturated heterocycles. The lowest BCUT2D eigenvalue weighted by atomic mass is 9.97. The molecule has 0 bridgehead atoms. The third kappa shape index (κ3) is 2.22. The first-order chi connectivity index (χ1) is 10.8. The number of carbonyl (C=O) groups is 1. The van der Waals surface area contributed by atoms with Crippen LogP contribution in [0.5, 0.6) is 5.75 Å². The van der Waals surface area contributed by atoms with E-state index in [9.17, 15) is 14.7 Å². The van der Waals surface area contributed by atoms with Gasteiger partial charge in [0.2, 0.25) is 0 Å². The van der Waals surface area contributed by atoms with Crippen molar-refractivity contribution in [1.29, 1.82) is 0 Å². The molecule has 0 atom stereocenters. The molecule has 2 heterocycles. The molecule has 0 spiro atoms. The van der Waals surface area contributed by atoms with Crippen molar-refractivity contribution in [2.45, 2.75) is 20.8 Å². The Bertz CT molecular complexity index is 1010. The van der Waals surface area contributed by atoms with Crippen LogP contribution in [0.3, 0.4) is 0 Å². The molecule has 0 fully saturated rings. The van der Waals surface area contributed by atoms with Crippen LogP contribution in [-0.2, 0) is 0 Å². The second-order valence-corrected chi connectivity index (χ2v) is 6.58. The molecule has 0 aliphatic carbocycles. The molecule has 0 aliphatic rings. The van der Waals surface area contributed by atoms with Crippen LogP contribution in [0.15, 0.2) is 23.1 Å². The van der Waals surface area contributed by atoms with Crippen molar-refractivity contribution in [2.24, 2.45) is 5.73 Å². The number of primary amides is 1. The Morgan fingerprint density at radius 1 is 1.22 bits per heavy atom. The molecule has 23 heavy (non-hydrogen) atoms. The average molecular weight is 328 g/mol. The Balaban J connectivity index is 2.47. The van der Waals surface area contributed by atoms with Gasteiger partial charge in [0.25, 0.3) is 11.5 Å². The van der Waals surface area contributed by atoms with Gasteiger partial charge in [0.05, 0.1) is 15.6 Å². The number of benzene rings is 1. The van der Waals surface area contributed by atoms with Crippen LogP contribution in [0.1, 0.15) is 27.0 Å². The number of aromatic amines is 1. The van der Waals surface area contributed by atoms with E-state index in [-0.39, 0.29) is 11.3 Å². The quantitative estimate of drug-likeness (QED) is 0.674. The minimum Gasteiger partial charge on any atom is -0.508 e. The number of amides is 1. The number of rotatable bonds is 2. The van der Waals surface area contributed by atoms with E-state index in [1.807, 2.05) is 26.8 Å². The van der Waals surface area contributed by atoms with Crippen molar-refractivity contribution in [2.75, 3.05) is 0 Å². The van der Waals surface area contributed by atoms with Gasteiger partial charge >= 0.3 is 0 Å². The van der Waals surface area contributed by atoms with Gasteiger partial charge in [0, 0.05) is 16.6 Å². The van der Waals surface area contributed by atoms with Crippen LogP contribution in [0.25, 0.3) is 20.5 Å². The second-order valence-electron chi connectivity index (χ2n) is 5.56. The Hall–Kier alpha value is -2.60. The summed E-state index contributed by atoms with van der Waals surface area (Å²) >= 11 is 1.35. The van der Waals surface area contributed by atoms with Gasteiger partial charge in [0.15, 0.2) is 0 Å². The van der Waals surface area contributed by atoms with E-state index in [0.29, 0.717) is 15.6 Å². The van der Waals surface area contributed by atoms with Gasteiger partial charge in [-0.05, 0) is 43.5 Å². The number of nitrogens with two attached hydrogens (primary N) is 1. The van der Waals surface area contributed by atoms with Crippen LogP contribution >= 0.6 is 11.3 Å². The van der Waals surface area contributed by atoms with E-state index in [0.717, 1.165) is 27.1 Å². The van der Waals surface area contributed by atoms with E-state index in [2.05, 4.69) is 4.98 Å². The van der Waals surface area contributed by atoms with Crippen molar-refractivity contribution >= 4 is 27.3 Å². The van der Waals surface area contributed by atoms with E-state index < -0.39 is 5.91 Å². The second kappa shape index (κ2) is 5.24. The van der Waals surface area contributed by atoms with Crippen molar-refractivity contribution < 1.29 is 9.90 Å². The molecule has 6 heteroatoms. The molecule has 1 aromatic carbocycles. The molecular formula is C17H16N2O3S. The standard InChI is InChI=1S/C17H16N2O3S/c1-7-4-5-11(20)8(2)12(7)14-9(3)13-15(23-14)10(16(18)21)6-19-17(13)22/h4-6,20H,1-3H3,(H2,18,21)(H,19,22). The average Bonchev–Trinajstić information content (AvgIpc) is 2.82. The zero-order valence-electron chi connectivity index (χ0n) is 13.0. The van der Waals surface area contributed by atoms with E-state index in [1.165, 1.54) is 17.5 Å². The lowest BCUT2D eigenvalue weighted by Gasteiger charge is -2.10. The largest absolute Gasteiger partial charge is 0.508 e. The summed E-state index contributed by atoms with van der Waals surface area (Å²) in [6.45, 7) is 5.63. The number of phenols is 1. The summed E-state index contributed by atoms with van der Waals surface area (Å²) in [7, 11) is 0. The molecule has 1 amide bonds. The van der Waals surface area contributed by atoms with Crippen LogP contribution in [0, 0.1) is 20.8 Å². The molecule has 0 aliphatic heterocycles. The maximum absolute atomic E-state index is 12.2. The molecule has 3 aromatic rings. The minimum atomic E-state index is -0.580. The summed E-state index contributed by atoms with van der Waals surface area (Å²) < 4.78 is 0.580. The number of thiophene rings is 1. The number of hydrogen-bond donors (Lipinski definition) is 3. The van der Waals surface area contributed by atoms with Crippen molar-refractivity contribution in [1.82, 2.24) is 4.98 Å². The van der Waals surface area contributed by atoms with Gasteiger partial charge in [-0.15, -0.1) is 11.3 Å². The van der Waals surface area contributed by atoms with Crippen LogP contribution in [0.2, 0.25) is 0 Å². The van der Waals surface area contributed by atoms with Crippen LogP contribution in [-0.4, -0.2) is 16.0 Å². The van der Waals surface area contributed by atoms with Crippen LogP contribution < -0.4 is 11.3 Å². The van der Waals surface area contributed by atoms with E-state index in [1.54, 1.807) is 6.07 Å². The molecule has 118 valence electrons. The summed E-state index contributed by atoms with van der Waals surface area (Å²) in [5.41, 5.74) is 8.88. The summed E-state index contributed by atoms with van der Waals surface area (Å²) in [4.78, 5) is 27.3. The number of pyridine rings is 1. The van der Waals surface area contributed by atoms with Crippen LogP contribution in [0.4, 0.5) is 0 Å². The fourth-order valence-electron chi connectivity index (χ4n) is 2.86. The zero-order chi connectivity index (χ0) is 16.9. The highest BCUT2D eigenvalue weighted by Gasteiger charge is 2.21. The molecule has 0 saturated carbocycles. The minimum absolute atomic E-state index is 0.200. The fourth-order valence-corrected chi connectivity index (χ4v) is 4.35. The first-order valence-electron chi connectivity index (χ1n) is 7.07. The Labute approximate surface area is 136 Å². The fraction of sp³-hybridized carbons (Fsp3) is 0.176. The monoisotopic (exact) mass is 328 g/mol. The summed E-state index contributed by atoms with van der Waals surface area (Å²) in [6, 6.07) is 3.49. The maximum atomic E-state index is 12.2. The first kappa shape index (κ1) is 15.3. The molecular weight excluding hydrogens is 312 g/mol. The number of aromatic nitrogens is 1. The lowest BCUT2D eigenvalue weighted by molar-refractivity contribution is 0.100. The summed E-state index contributed by atoms with van der Waals surface area (Å²) in [5.74, 6) is -0.380. The third-order valence-corrected chi connectivity index (χ3v) is 5.45. The number of H-pyrrole nitrogens is 1. The van der Waals surface area contributed by atoms with Gasteiger partial charge in [-0.3, -0.25) is 9.59 Å². The number of aryl methyl sites for hydroxylation is 2. The number of hydrogen-bond acceptors (Lipinski definition) is 4. The molecule has 5 nitrogen and oxygen atoms in total. The Morgan fingerprint density at radius 3 is 2.57 bits per heavy atom. The Kier molecular flexibility index (Phi) is 3.49. The zero-order valence-corrected chi connectivity index (χ0v) is 13.8. The van der Waals surface area contributed by atoms with Gasteiger partial charge in [0.1, 0.15) is 5.75 Å². The number of carbonyl (C=O) groups excluding carboxylic acids is 1. The number of nitrogens with one attached hydrogen (secondary N) is 1. The smallest absolute Gasteiger partial charge is 0.257 e. The predicted molar refractivity (Wildman–Crippen MR) is 92.3 cm³/mol. The highest BCUT2D eigenvalue weighted by molar-refractivity contribution is 7.23. The Morgan fingerprint density at radius 2 is 1.91 bits per heavy atom. The normalized spacial score (nSPS) is 11.1. The van der Waals surface area contributed by atoms with Gasteiger partial charge < -0.3 is 15.8 Å². The highest BCUT2D eigenvalue weighted by atomic mass is 32.1. The van der Waals surface area contributed by atoms with Crippen molar-refractivity contribution in [3.8, 4) is 16.2 Å². The lowest BCUT2D eigenvalue weighted by Crippen LogP contribution is -2.15. The first-order valence-corrected chi connectivity index (χ1v) is 7.88. The maximum Gasteiger partial charge on any atom is 0.257 e. The summed E-state index contributed by atoms with van der Waals surface area (Å²) in [5, 5.41) is 10.5. The molecule has 2 aromatic heterocycles. The van der Waals surface area contributed by atoms with Gasteiger partial charge in [-0.1, -0.05) is 6.07 Å². The SMILES string of the molecule is Cc1ccc(O)c(C)c1-c1sc2c(C(N)=O)c[nH]c(=O)c2c1C. The summed E-state index contributed by atoms with van der Waals surface area (Å²) in [6.07, 6.45) is 1.36. The highest BCUT2D eigenvalue weighted by Crippen LogP contribution is 2.42. The number of aromatic hydroxyl groups is 1. The molecule has 4 N–H and O–H groups in total. The topological polar surface area (TPSA) is 96.2 Å². The molecule has 0 radical (unpaired) electrons. The van der Waals surface area contributed by atoms with E-state index >= 15 is 0 Å². The van der Waals surface area contributed by atoms with Gasteiger partial charge in [-0.25, -0.2) is 0 Å². The molecule has 0 unspecified atom stereocenters. The molecule has 3 rings (SSSR count). The van der Waals surface area contributed by atoms with Gasteiger partial charge in [-0.2, -0.15) is 0 Å². The number of fused-ring (bicyclic) bond motifs is 1. The van der Waals surface area contributed by atoms with Crippen molar-refractivity contribution in [3.63, 3.8) is 0 Å². The third-order valence-electron chi connectivity index (χ3n) is 4.10. The number of phenolic OH excluding ortho intramolecular Hbond substituents is 1. The predicted octanol–water partition coefficient (Wildman–Crippen LogP) is 2.99. The van der Waals surface area contributed by atoms with Crippen molar-refractivity contribution in [3.05, 3.63) is 50.9 Å².